The fourth-order valence-electron chi connectivity index (χ4n) is 3.72. The fourth-order valence-corrected chi connectivity index (χ4v) is 3.72. The van der Waals surface area contributed by atoms with E-state index in [0.29, 0.717) is 23.1 Å². The van der Waals surface area contributed by atoms with Gasteiger partial charge in [0.05, 0.1) is 7.11 Å². The van der Waals surface area contributed by atoms with Crippen LogP contribution in [0.15, 0.2) is 59.2 Å². The van der Waals surface area contributed by atoms with Crippen molar-refractivity contribution in [2.45, 2.75) is 53.1 Å². The van der Waals surface area contributed by atoms with Gasteiger partial charge >= 0.3 is 5.97 Å². The third-order valence-electron chi connectivity index (χ3n) is 5.76. The Bertz CT molecular complexity index is 870. The second-order valence-electron chi connectivity index (χ2n) is 8.20. The number of carbonyl (C=O) groups is 2. The minimum atomic E-state index is -1.29. The number of aryl methyl sites for hydroxylation is 1. The van der Waals surface area contributed by atoms with E-state index in [9.17, 15) is 14.7 Å². The summed E-state index contributed by atoms with van der Waals surface area (Å²) in [4.78, 5) is 24.3. The maximum atomic E-state index is 12.9. The van der Waals surface area contributed by atoms with Gasteiger partial charge in [0, 0.05) is 29.9 Å². The van der Waals surface area contributed by atoms with Crippen LogP contribution in [0.3, 0.4) is 0 Å². The Morgan fingerprint density at radius 3 is 2.50 bits per heavy atom. The molecule has 2 rings (SSSR count). The summed E-state index contributed by atoms with van der Waals surface area (Å²) in [5, 5.41) is 11.6. The van der Waals surface area contributed by atoms with Crippen LogP contribution in [-0.2, 0) is 20.7 Å². The predicted octanol–water partition coefficient (Wildman–Crippen LogP) is 4.26. The average molecular weight is 383 g/mol. The van der Waals surface area contributed by atoms with Crippen LogP contribution in [0.25, 0.3) is 0 Å². The predicted molar refractivity (Wildman–Crippen MR) is 111 cm³/mol. The first-order chi connectivity index (χ1) is 13.0. The first kappa shape index (κ1) is 21.8. The molecule has 0 saturated heterocycles. The number of ketones is 1. The third-order valence-corrected chi connectivity index (χ3v) is 5.76. The molecule has 0 spiro atoms. The number of Topliss-reactive ketones (excluding diaryl/α,β-unsaturated/α-hetero) is 1. The number of hydrogen-bond donors (Lipinski definition) is 1. The third kappa shape index (κ3) is 4.33. The lowest BCUT2D eigenvalue weighted by atomic mass is 9.62. The highest BCUT2D eigenvalue weighted by molar-refractivity contribution is 5.99. The molecule has 1 aliphatic carbocycles. The van der Waals surface area contributed by atoms with Crippen LogP contribution in [0.5, 0.6) is 0 Å². The summed E-state index contributed by atoms with van der Waals surface area (Å²) >= 11 is 0. The van der Waals surface area contributed by atoms with E-state index < -0.39 is 17.0 Å². The molecule has 150 valence electrons. The van der Waals surface area contributed by atoms with Crippen molar-refractivity contribution in [3.05, 3.63) is 70.3 Å². The zero-order valence-electron chi connectivity index (χ0n) is 17.6. The van der Waals surface area contributed by atoms with Crippen molar-refractivity contribution in [2.75, 3.05) is 7.11 Å². The molecule has 0 saturated carbocycles. The molecule has 0 amide bonds. The summed E-state index contributed by atoms with van der Waals surface area (Å²) < 4.78 is 4.64. The molecule has 1 atom stereocenters. The number of rotatable bonds is 5. The molecule has 0 aliphatic heterocycles. The average Bonchev–Trinajstić information content (AvgIpc) is 2.63. The van der Waals surface area contributed by atoms with Crippen molar-refractivity contribution in [3.63, 3.8) is 0 Å². The molecule has 28 heavy (non-hydrogen) atoms. The molecule has 4 nitrogen and oxygen atoms in total. The fraction of sp³-hybridized carbons (Fsp3) is 0.417. The maximum Gasteiger partial charge on any atom is 0.330 e. The number of allylic oxidation sites excluding steroid dienone is 3. The van der Waals surface area contributed by atoms with Gasteiger partial charge in [0.15, 0.2) is 5.78 Å². The Labute approximate surface area is 167 Å². The molecule has 4 heteroatoms. The SMILES string of the molecule is COC(=O)/C=C(C)\C=C\[C@@]1(O)C(C)=C(Cc2ccccc2C)C(=O)CC1(C)C. The van der Waals surface area contributed by atoms with Gasteiger partial charge in [0.1, 0.15) is 5.60 Å². The Hall–Kier alpha value is -2.46. The molecule has 0 heterocycles. The highest BCUT2D eigenvalue weighted by atomic mass is 16.5. The van der Waals surface area contributed by atoms with Crippen LogP contribution in [0.1, 0.15) is 45.2 Å². The zero-order valence-corrected chi connectivity index (χ0v) is 17.6. The lowest BCUT2D eigenvalue weighted by Gasteiger charge is -2.46. The normalized spacial score (nSPS) is 22.7. The molecule has 1 aromatic rings. The van der Waals surface area contributed by atoms with Crippen LogP contribution < -0.4 is 0 Å². The Morgan fingerprint density at radius 1 is 1.25 bits per heavy atom. The van der Waals surface area contributed by atoms with Gasteiger partial charge in [-0.25, -0.2) is 4.79 Å². The van der Waals surface area contributed by atoms with Crippen LogP contribution in [0.4, 0.5) is 0 Å². The monoisotopic (exact) mass is 382 g/mol. The lowest BCUT2D eigenvalue weighted by Crippen LogP contribution is -2.49. The standard InChI is InChI=1S/C24H30O4/c1-16(13-22(26)28-6)11-12-24(27)18(3)20(21(25)15-23(24,4)5)14-19-10-8-7-9-17(19)2/h7-13,27H,14-15H2,1-6H3/b12-11+,16-13-/t24-/m1/s1. The number of ether oxygens (including phenoxy) is 1. The highest BCUT2D eigenvalue weighted by Crippen LogP contribution is 2.47. The lowest BCUT2D eigenvalue weighted by molar-refractivity contribution is -0.134. The second-order valence-corrected chi connectivity index (χ2v) is 8.20. The number of aliphatic hydroxyl groups is 1. The number of carbonyl (C=O) groups excluding carboxylic acids is 2. The van der Waals surface area contributed by atoms with Gasteiger partial charge < -0.3 is 9.84 Å². The van der Waals surface area contributed by atoms with E-state index in [1.807, 2.05) is 52.0 Å². The minimum absolute atomic E-state index is 0.0747. The van der Waals surface area contributed by atoms with Crippen molar-refractivity contribution in [3.8, 4) is 0 Å². The summed E-state index contributed by atoms with van der Waals surface area (Å²) in [6.45, 7) is 9.40. The number of methoxy groups -OCH3 is 1. The van der Waals surface area contributed by atoms with Gasteiger partial charge in [-0.1, -0.05) is 44.2 Å². The smallest absolute Gasteiger partial charge is 0.330 e. The number of esters is 1. The van der Waals surface area contributed by atoms with Gasteiger partial charge in [-0.05, 0) is 49.1 Å². The van der Waals surface area contributed by atoms with Crippen molar-refractivity contribution in [2.24, 2.45) is 5.41 Å². The summed E-state index contributed by atoms with van der Waals surface area (Å²) in [6.07, 6.45) is 5.53. The molecule has 0 unspecified atom stereocenters. The molecule has 1 aromatic carbocycles. The van der Waals surface area contributed by atoms with E-state index in [1.165, 1.54) is 13.2 Å². The van der Waals surface area contributed by atoms with E-state index in [2.05, 4.69) is 4.74 Å². The van der Waals surface area contributed by atoms with E-state index in [1.54, 1.807) is 19.1 Å². The van der Waals surface area contributed by atoms with E-state index in [4.69, 9.17) is 0 Å². The second kappa shape index (κ2) is 8.27. The van der Waals surface area contributed by atoms with Crippen LogP contribution >= 0.6 is 0 Å². The van der Waals surface area contributed by atoms with Crippen molar-refractivity contribution in [1.82, 2.24) is 0 Å². The van der Waals surface area contributed by atoms with Gasteiger partial charge in [-0.15, -0.1) is 0 Å². The minimum Gasteiger partial charge on any atom is -0.466 e. The first-order valence-corrected chi connectivity index (χ1v) is 9.47. The van der Waals surface area contributed by atoms with Gasteiger partial charge in [-0.3, -0.25) is 4.79 Å². The maximum absolute atomic E-state index is 12.9. The number of hydrogen-bond acceptors (Lipinski definition) is 4. The Morgan fingerprint density at radius 2 is 1.89 bits per heavy atom. The largest absolute Gasteiger partial charge is 0.466 e. The molecule has 0 bridgehead atoms. The zero-order chi connectivity index (χ0) is 21.1. The summed E-state index contributed by atoms with van der Waals surface area (Å²) in [6, 6.07) is 7.97. The summed E-state index contributed by atoms with van der Waals surface area (Å²) in [7, 11) is 1.32. The Kier molecular flexibility index (Phi) is 6.45. The molecule has 0 fully saturated rings. The quantitative estimate of drug-likeness (QED) is 0.469. The Balaban J connectivity index is 2.49. The highest BCUT2D eigenvalue weighted by Gasteiger charge is 2.49. The number of benzene rings is 1. The van der Waals surface area contributed by atoms with Crippen molar-refractivity contribution in [1.29, 1.82) is 0 Å². The van der Waals surface area contributed by atoms with E-state index >= 15 is 0 Å². The van der Waals surface area contributed by atoms with Crippen LogP contribution in [0.2, 0.25) is 0 Å². The molecule has 1 aliphatic rings. The molecular weight excluding hydrogens is 352 g/mol. The van der Waals surface area contributed by atoms with Crippen LogP contribution in [-0.4, -0.2) is 29.6 Å². The summed E-state index contributed by atoms with van der Waals surface area (Å²) in [5.74, 6) is -0.370. The van der Waals surface area contributed by atoms with Gasteiger partial charge in [0.25, 0.3) is 0 Å². The molecular formula is C24H30O4. The van der Waals surface area contributed by atoms with Gasteiger partial charge in [0.2, 0.25) is 0 Å². The molecule has 1 N–H and O–H groups in total. The molecule has 0 radical (unpaired) electrons. The van der Waals surface area contributed by atoms with Crippen molar-refractivity contribution >= 4 is 11.8 Å². The van der Waals surface area contributed by atoms with Crippen LogP contribution in [0, 0.1) is 12.3 Å². The van der Waals surface area contributed by atoms with Crippen molar-refractivity contribution < 1.29 is 19.4 Å². The van der Waals surface area contributed by atoms with E-state index in [0.717, 1.165) is 11.1 Å². The molecule has 0 aromatic heterocycles. The topological polar surface area (TPSA) is 63.6 Å². The van der Waals surface area contributed by atoms with Gasteiger partial charge in [-0.2, -0.15) is 0 Å². The first-order valence-electron chi connectivity index (χ1n) is 9.47. The summed E-state index contributed by atoms with van der Waals surface area (Å²) in [5.41, 5.74) is 2.25. The van der Waals surface area contributed by atoms with E-state index in [-0.39, 0.29) is 12.2 Å².